The maximum absolute atomic E-state index is 12.9. The summed E-state index contributed by atoms with van der Waals surface area (Å²) < 4.78 is 18.5. The molecule has 1 aromatic heterocycles. The fourth-order valence-electron chi connectivity index (χ4n) is 3.03. The third-order valence-electron chi connectivity index (χ3n) is 4.48. The lowest BCUT2D eigenvalue weighted by molar-refractivity contribution is -0.0538. The van der Waals surface area contributed by atoms with E-state index in [1.165, 1.54) is 12.3 Å². The first-order valence-corrected chi connectivity index (χ1v) is 7.58. The van der Waals surface area contributed by atoms with Crippen LogP contribution in [-0.2, 0) is 4.74 Å². The highest BCUT2D eigenvalue weighted by Gasteiger charge is 2.32. The van der Waals surface area contributed by atoms with Gasteiger partial charge in [-0.15, -0.1) is 0 Å². The van der Waals surface area contributed by atoms with E-state index in [4.69, 9.17) is 10.5 Å². The third kappa shape index (κ3) is 4.22. The molecule has 21 heavy (non-hydrogen) atoms. The minimum Gasteiger partial charge on any atom is -0.377 e. The number of methoxy groups -OCH3 is 1. The Labute approximate surface area is 126 Å². The molecule has 2 heterocycles. The number of hydrogen-bond acceptors (Lipinski definition) is 4. The van der Waals surface area contributed by atoms with Crippen molar-refractivity contribution in [2.75, 3.05) is 26.7 Å². The van der Waals surface area contributed by atoms with Gasteiger partial charge in [-0.05, 0) is 44.4 Å². The molecule has 0 saturated carbocycles. The second-order valence-corrected chi connectivity index (χ2v) is 6.40. The molecular weight excluding hydrogens is 269 g/mol. The molecule has 0 amide bonds. The molecule has 3 unspecified atom stereocenters. The Balaban J connectivity index is 1.94. The Kier molecular flexibility index (Phi) is 5.30. The Morgan fingerprint density at radius 1 is 1.52 bits per heavy atom. The number of pyridine rings is 1. The van der Waals surface area contributed by atoms with Crippen LogP contribution in [0.2, 0.25) is 0 Å². The van der Waals surface area contributed by atoms with E-state index in [1.54, 1.807) is 13.2 Å². The van der Waals surface area contributed by atoms with Gasteiger partial charge in [0.05, 0.1) is 23.5 Å². The fourth-order valence-corrected chi connectivity index (χ4v) is 3.03. The van der Waals surface area contributed by atoms with Crippen molar-refractivity contribution in [1.82, 2.24) is 9.88 Å². The number of hydrogen-bond donors (Lipinski definition) is 1. The molecule has 1 aromatic rings. The Hall–Kier alpha value is -1.04. The summed E-state index contributed by atoms with van der Waals surface area (Å²) in [6.45, 7) is 7.18. The number of piperidine rings is 1. The van der Waals surface area contributed by atoms with Crippen molar-refractivity contribution in [1.29, 1.82) is 0 Å². The summed E-state index contributed by atoms with van der Waals surface area (Å²) in [6.07, 6.45) is 3.46. The topological polar surface area (TPSA) is 51.4 Å². The zero-order valence-corrected chi connectivity index (χ0v) is 13.2. The number of likely N-dealkylation sites (tertiary alicyclic amines) is 1. The van der Waals surface area contributed by atoms with Crippen LogP contribution in [-0.4, -0.2) is 42.2 Å². The lowest BCUT2D eigenvalue weighted by Crippen LogP contribution is -2.49. The lowest BCUT2D eigenvalue weighted by Gasteiger charge is -2.41. The van der Waals surface area contributed by atoms with Crippen LogP contribution in [0.4, 0.5) is 4.39 Å². The quantitative estimate of drug-likeness (QED) is 0.906. The third-order valence-corrected chi connectivity index (χ3v) is 4.48. The Morgan fingerprint density at radius 2 is 2.29 bits per heavy atom. The first kappa shape index (κ1) is 16.3. The molecule has 4 nitrogen and oxygen atoms in total. The van der Waals surface area contributed by atoms with E-state index in [0.29, 0.717) is 0 Å². The van der Waals surface area contributed by atoms with Crippen LogP contribution < -0.4 is 5.73 Å². The second-order valence-electron chi connectivity index (χ2n) is 6.40. The van der Waals surface area contributed by atoms with Gasteiger partial charge in [-0.25, -0.2) is 4.39 Å². The van der Waals surface area contributed by atoms with Crippen LogP contribution in [0.5, 0.6) is 0 Å². The van der Waals surface area contributed by atoms with Crippen molar-refractivity contribution >= 4 is 0 Å². The molecule has 0 aromatic carbocycles. The van der Waals surface area contributed by atoms with Gasteiger partial charge < -0.3 is 15.4 Å². The molecule has 0 spiro atoms. The highest BCUT2D eigenvalue weighted by atomic mass is 19.1. The number of halogens is 1. The predicted octanol–water partition coefficient (Wildman–Crippen LogP) is 2.36. The van der Waals surface area contributed by atoms with Gasteiger partial charge in [0.1, 0.15) is 5.82 Å². The van der Waals surface area contributed by atoms with E-state index in [1.807, 2.05) is 0 Å². The van der Waals surface area contributed by atoms with E-state index in [9.17, 15) is 4.39 Å². The molecule has 1 aliphatic heterocycles. The van der Waals surface area contributed by atoms with E-state index >= 15 is 0 Å². The van der Waals surface area contributed by atoms with Crippen LogP contribution in [0.1, 0.15) is 38.4 Å². The van der Waals surface area contributed by atoms with Gasteiger partial charge in [-0.1, -0.05) is 6.92 Å². The molecule has 0 radical (unpaired) electrons. The first-order chi connectivity index (χ1) is 9.93. The average molecular weight is 295 g/mol. The molecule has 0 aliphatic carbocycles. The maximum Gasteiger partial charge on any atom is 0.141 e. The van der Waals surface area contributed by atoms with Gasteiger partial charge in [0, 0.05) is 20.2 Å². The van der Waals surface area contributed by atoms with Crippen LogP contribution in [0.25, 0.3) is 0 Å². The average Bonchev–Trinajstić information content (AvgIpc) is 2.47. The van der Waals surface area contributed by atoms with Crippen LogP contribution in [0.3, 0.4) is 0 Å². The Morgan fingerprint density at radius 3 is 2.90 bits per heavy atom. The van der Waals surface area contributed by atoms with Crippen molar-refractivity contribution in [3.05, 3.63) is 29.8 Å². The van der Waals surface area contributed by atoms with E-state index in [2.05, 4.69) is 23.7 Å². The van der Waals surface area contributed by atoms with E-state index in [-0.39, 0.29) is 23.4 Å². The number of aromatic nitrogens is 1. The second kappa shape index (κ2) is 6.81. The van der Waals surface area contributed by atoms with Crippen LogP contribution in [0.15, 0.2) is 18.3 Å². The van der Waals surface area contributed by atoms with Gasteiger partial charge in [0.25, 0.3) is 0 Å². The first-order valence-electron chi connectivity index (χ1n) is 7.58. The smallest absolute Gasteiger partial charge is 0.141 e. The zero-order valence-electron chi connectivity index (χ0n) is 13.2. The standard InChI is InChI=1S/C16H26FN3O/c1-12(15(18)14-6-5-13(17)9-19-14)10-20-8-4-7-16(2,11-20)21-3/h5-6,9,12,15H,4,7-8,10-11,18H2,1-3H3. The van der Waals surface area contributed by atoms with Crippen LogP contribution >= 0.6 is 0 Å². The van der Waals surface area contributed by atoms with Crippen molar-refractivity contribution < 1.29 is 9.13 Å². The van der Waals surface area contributed by atoms with Gasteiger partial charge in [-0.2, -0.15) is 0 Å². The van der Waals surface area contributed by atoms with Crippen molar-refractivity contribution in [3.8, 4) is 0 Å². The lowest BCUT2D eigenvalue weighted by atomic mass is 9.92. The molecule has 1 aliphatic rings. The van der Waals surface area contributed by atoms with Gasteiger partial charge in [0.15, 0.2) is 0 Å². The summed E-state index contributed by atoms with van der Waals surface area (Å²) in [5.41, 5.74) is 6.95. The molecule has 2 rings (SSSR count). The number of nitrogens with zero attached hydrogens (tertiary/aromatic N) is 2. The highest BCUT2D eigenvalue weighted by Crippen LogP contribution is 2.26. The molecule has 2 N–H and O–H groups in total. The van der Waals surface area contributed by atoms with Crippen molar-refractivity contribution in [2.45, 2.75) is 38.3 Å². The van der Waals surface area contributed by atoms with Gasteiger partial charge in [-0.3, -0.25) is 4.98 Å². The number of ether oxygens (including phenoxy) is 1. The SMILES string of the molecule is COC1(C)CCCN(CC(C)C(N)c2ccc(F)cn2)C1. The summed E-state index contributed by atoms with van der Waals surface area (Å²) in [6, 6.07) is 2.91. The summed E-state index contributed by atoms with van der Waals surface area (Å²) in [5, 5.41) is 0. The monoisotopic (exact) mass is 295 g/mol. The van der Waals surface area contributed by atoms with Crippen molar-refractivity contribution in [2.24, 2.45) is 11.7 Å². The summed E-state index contributed by atoms with van der Waals surface area (Å²) in [7, 11) is 1.78. The molecule has 3 atom stereocenters. The largest absolute Gasteiger partial charge is 0.377 e. The minimum atomic E-state index is -0.328. The molecule has 118 valence electrons. The molecule has 0 bridgehead atoms. The number of rotatable bonds is 5. The van der Waals surface area contributed by atoms with Gasteiger partial charge in [0.2, 0.25) is 0 Å². The summed E-state index contributed by atoms with van der Waals surface area (Å²) in [5.74, 6) is -0.0762. The maximum atomic E-state index is 12.9. The molecular formula is C16H26FN3O. The number of nitrogens with two attached hydrogens (primary N) is 1. The van der Waals surface area contributed by atoms with E-state index in [0.717, 1.165) is 38.2 Å². The van der Waals surface area contributed by atoms with Crippen LogP contribution in [0, 0.1) is 11.7 Å². The molecule has 1 saturated heterocycles. The highest BCUT2D eigenvalue weighted by molar-refractivity contribution is 5.10. The normalized spacial score (nSPS) is 26.5. The summed E-state index contributed by atoms with van der Waals surface area (Å²) >= 11 is 0. The summed E-state index contributed by atoms with van der Waals surface area (Å²) in [4.78, 5) is 6.50. The molecule has 5 heteroatoms. The van der Waals surface area contributed by atoms with E-state index < -0.39 is 0 Å². The van der Waals surface area contributed by atoms with Crippen molar-refractivity contribution in [3.63, 3.8) is 0 Å². The van der Waals surface area contributed by atoms with Gasteiger partial charge >= 0.3 is 0 Å². The fraction of sp³-hybridized carbons (Fsp3) is 0.688. The molecule has 1 fully saturated rings. The Bertz CT molecular complexity index is 453. The zero-order chi connectivity index (χ0) is 15.5. The minimum absolute atomic E-state index is 0.0593. The predicted molar refractivity (Wildman–Crippen MR) is 81.4 cm³/mol.